The average molecular weight is 244 g/mol. The fraction of sp³-hybridized carbons (Fsp3) is 0.533. The van der Waals surface area contributed by atoms with Gasteiger partial charge < -0.3 is 10.2 Å². The zero-order valence-electron chi connectivity index (χ0n) is 10.9. The van der Waals surface area contributed by atoms with Crippen LogP contribution in [0.1, 0.15) is 30.9 Å². The summed E-state index contributed by atoms with van der Waals surface area (Å²) >= 11 is 0. The van der Waals surface area contributed by atoms with Crippen LogP contribution in [-0.4, -0.2) is 29.4 Å². The molecule has 1 fully saturated rings. The molecule has 2 heterocycles. The van der Waals surface area contributed by atoms with E-state index in [0.717, 1.165) is 32.4 Å². The lowest BCUT2D eigenvalue weighted by Crippen LogP contribution is -2.50. The third-order valence-corrected chi connectivity index (χ3v) is 4.22. The highest BCUT2D eigenvalue weighted by Crippen LogP contribution is 2.21. The zero-order chi connectivity index (χ0) is 12.5. The molecule has 1 amide bonds. The molecule has 1 aromatic rings. The fourth-order valence-corrected chi connectivity index (χ4v) is 3.09. The third-order valence-electron chi connectivity index (χ3n) is 4.22. The van der Waals surface area contributed by atoms with Gasteiger partial charge in [-0.25, -0.2) is 0 Å². The predicted octanol–water partition coefficient (Wildman–Crippen LogP) is 1.71. The lowest BCUT2D eigenvalue weighted by atomic mass is 9.95. The van der Waals surface area contributed by atoms with Gasteiger partial charge in [0.25, 0.3) is 0 Å². The molecular formula is C15H20N2O. The quantitative estimate of drug-likeness (QED) is 0.815. The van der Waals surface area contributed by atoms with E-state index in [0.29, 0.717) is 6.04 Å². The number of nitrogens with zero attached hydrogens (tertiary/aromatic N) is 1. The first-order chi connectivity index (χ1) is 8.75. The average Bonchev–Trinajstić information content (AvgIpc) is 2.83. The summed E-state index contributed by atoms with van der Waals surface area (Å²) < 4.78 is 0. The van der Waals surface area contributed by atoms with E-state index < -0.39 is 0 Å². The first-order valence-corrected chi connectivity index (χ1v) is 6.86. The van der Waals surface area contributed by atoms with E-state index >= 15 is 0 Å². The Kier molecular flexibility index (Phi) is 3.08. The summed E-state index contributed by atoms with van der Waals surface area (Å²) in [7, 11) is 0. The molecule has 0 spiro atoms. The predicted molar refractivity (Wildman–Crippen MR) is 71.2 cm³/mol. The number of benzene rings is 1. The van der Waals surface area contributed by atoms with Crippen molar-refractivity contribution in [1.82, 2.24) is 10.2 Å². The van der Waals surface area contributed by atoms with Gasteiger partial charge in [-0.1, -0.05) is 24.3 Å². The van der Waals surface area contributed by atoms with Gasteiger partial charge in [0.1, 0.15) is 0 Å². The molecule has 96 valence electrons. The minimum absolute atomic E-state index is 0.0274. The molecule has 1 aromatic carbocycles. The van der Waals surface area contributed by atoms with E-state index in [9.17, 15) is 4.79 Å². The second kappa shape index (κ2) is 4.73. The third kappa shape index (κ3) is 2.03. The number of hydrogen-bond donors (Lipinski definition) is 1. The number of likely N-dealkylation sites (tertiary alicyclic amines) is 1. The van der Waals surface area contributed by atoms with Gasteiger partial charge in [0.05, 0.1) is 6.04 Å². The van der Waals surface area contributed by atoms with Crippen molar-refractivity contribution >= 4 is 5.91 Å². The number of amides is 1. The van der Waals surface area contributed by atoms with Crippen molar-refractivity contribution in [3.05, 3.63) is 35.4 Å². The Bertz CT molecular complexity index is 458. The van der Waals surface area contributed by atoms with E-state index in [1.807, 2.05) is 4.90 Å². The Labute approximate surface area is 108 Å². The number of carbonyl (C=O) groups is 1. The highest BCUT2D eigenvalue weighted by Gasteiger charge is 2.32. The van der Waals surface area contributed by atoms with Crippen LogP contribution in [0.15, 0.2) is 24.3 Å². The minimum atomic E-state index is -0.0274. The van der Waals surface area contributed by atoms with Gasteiger partial charge in [0, 0.05) is 19.1 Å². The maximum absolute atomic E-state index is 12.5. The van der Waals surface area contributed by atoms with Gasteiger partial charge >= 0.3 is 0 Å². The Morgan fingerprint density at radius 3 is 2.83 bits per heavy atom. The van der Waals surface area contributed by atoms with E-state index in [1.165, 1.54) is 11.1 Å². The van der Waals surface area contributed by atoms with Gasteiger partial charge in [-0.2, -0.15) is 0 Å². The maximum Gasteiger partial charge on any atom is 0.240 e. The Morgan fingerprint density at radius 2 is 2.11 bits per heavy atom. The first-order valence-electron chi connectivity index (χ1n) is 6.86. The molecule has 2 aliphatic rings. The van der Waals surface area contributed by atoms with E-state index in [-0.39, 0.29) is 11.9 Å². The summed E-state index contributed by atoms with van der Waals surface area (Å²) in [6.45, 7) is 3.90. The molecule has 1 saturated heterocycles. The van der Waals surface area contributed by atoms with Crippen molar-refractivity contribution in [2.24, 2.45) is 0 Å². The standard InChI is InChI=1S/C15H20N2O/c1-11-5-4-8-17(11)15(18)14-9-12-6-2-3-7-13(12)10-16-14/h2-3,6-7,11,14,16H,4-5,8-10H2,1H3. The normalized spacial score (nSPS) is 27.1. The van der Waals surface area contributed by atoms with Gasteiger partial charge in [-0.05, 0) is 37.3 Å². The number of rotatable bonds is 1. The number of fused-ring (bicyclic) bond motifs is 1. The van der Waals surface area contributed by atoms with Crippen molar-refractivity contribution in [3.8, 4) is 0 Å². The van der Waals surface area contributed by atoms with E-state index in [1.54, 1.807) is 0 Å². The van der Waals surface area contributed by atoms with Crippen LogP contribution in [0.3, 0.4) is 0 Å². The molecule has 0 aliphatic carbocycles. The second-order valence-corrected chi connectivity index (χ2v) is 5.43. The molecule has 2 aliphatic heterocycles. The highest BCUT2D eigenvalue weighted by atomic mass is 16.2. The van der Waals surface area contributed by atoms with Crippen LogP contribution in [0.25, 0.3) is 0 Å². The van der Waals surface area contributed by atoms with Crippen LogP contribution in [-0.2, 0) is 17.8 Å². The van der Waals surface area contributed by atoms with Gasteiger partial charge in [-0.15, -0.1) is 0 Å². The molecule has 0 radical (unpaired) electrons. The number of carbonyl (C=O) groups excluding carboxylic acids is 1. The second-order valence-electron chi connectivity index (χ2n) is 5.43. The zero-order valence-corrected chi connectivity index (χ0v) is 10.9. The Hall–Kier alpha value is -1.35. The van der Waals surface area contributed by atoms with Crippen molar-refractivity contribution in [2.45, 2.75) is 44.8 Å². The van der Waals surface area contributed by atoms with Crippen molar-refractivity contribution in [3.63, 3.8) is 0 Å². The van der Waals surface area contributed by atoms with E-state index in [4.69, 9.17) is 0 Å². The summed E-state index contributed by atoms with van der Waals surface area (Å²) in [5, 5.41) is 3.38. The summed E-state index contributed by atoms with van der Waals surface area (Å²) in [6.07, 6.45) is 3.13. The molecule has 2 atom stereocenters. The number of nitrogens with one attached hydrogen (secondary N) is 1. The molecule has 1 N–H and O–H groups in total. The van der Waals surface area contributed by atoms with Crippen LogP contribution in [0.2, 0.25) is 0 Å². The first kappa shape index (κ1) is 11.7. The van der Waals surface area contributed by atoms with Crippen LogP contribution < -0.4 is 5.32 Å². The Balaban J connectivity index is 1.74. The van der Waals surface area contributed by atoms with Gasteiger partial charge in [-0.3, -0.25) is 4.79 Å². The van der Waals surface area contributed by atoms with Crippen LogP contribution >= 0.6 is 0 Å². The molecule has 0 aromatic heterocycles. The Morgan fingerprint density at radius 1 is 1.33 bits per heavy atom. The summed E-state index contributed by atoms with van der Waals surface area (Å²) in [6, 6.07) is 8.79. The highest BCUT2D eigenvalue weighted by molar-refractivity contribution is 5.83. The van der Waals surface area contributed by atoms with Crippen LogP contribution in [0, 0.1) is 0 Å². The van der Waals surface area contributed by atoms with Gasteiger partial charge in [0.15, 0.2) is 0 Å². The SMILES string of the molecule is CC1CCCN1C(=O)C1Cc2ccccc2CN1. The van der Waals surface area contributed by atoms with Crippen molar-refractivity contribution < 1.29 is 4.79 Å². The van der Waals surface area contributed by atoms with Crippen LogP contribution in [0.5, 0.6) is 0 Å². The number of hydrogen-bond acceptors (Lipinski definition) is 2. The van der Waals surface area contributed by atoms with Gasteiger partial charge in [0.2, 0.25) is 5.91 Å². The lowest BCUT2D eigenvalue weighted by molar-refractivity contribution is -0.134. The smallest absolute Gasteiger partial charge is 0.240 e. The molecule has 18 heavy (non-hydrogen) atoms. The molecule has 0 bridgehead atoms. The summed E-state index contributed by atoms with van der Waals surface area (Å²) in [5.74, 6) is 0.287. The fourth-order valence-electron chi connectivity index (χ4n) is 3.09. The minimum Gasteiger partial charge on any atom is -0.339 e. The molecular weight excluding hydrogens is 224 g/mol. The molecule has 3 rings (SSSR count). The molecule has 3 nitrogen and oxygen atoms in total. The maximum atomic E-state index is 12.5. The molecule has 3 heteroatoms. The molecule has 0 saturated carbocycles. The summed E-state index contributed by atoms with van der Waals surface area (Å²) in [4.78, 5) is 14.5. The lowest BCUT2D eigenvalue weighted by Gasteiger charge is -2.31. The van der Waals surface area contributed by atoms with Crippen molar-refractivity contribution in [2.75, 3.05) is 6.54 Å². The largest absolute Gasteiger partial charge is 0.339 e. The topological polar surface area (TPSA) is 32.3 Å². The monoisotopic (exact) mass is 244 g/mol. The summed E-state index contributed by atoms with van der Waals surface area (Å²) in [5.41, 5.74) is 2.65. The van der Waals surface area contributed by atoms with Crippen molar-refractivity contribution in [1.29, 1.82) is 0 Å². The van der Waals surface area contributed by atoms with E-state index in [2.05, 4.69) is 36.5 Å². The van der Waals surface area contributed by atoms with Crippen LogP contribution in [0.4, 0.5) is 0 Å². The molecule has 2 unspecified atom stereocenters.